The van der Waals surface area contributed by atoms with E-state index in [1.54, 1.807) is 0 Å². The molecule has 1 aliphatic heterocycles. The Labute approximate surface area is 159 Å². The van der Waals surface area contributed by atoms with Gasteiger partial charge in [0.2, 0.25) is 0 Å². The molecule has 1 fully saturated rings. The average molecular weight is 382 g/mol. The second-order valence-corrected chi connectivity index (χ2v) is 9.42. The van der Waals surface area contributed by atoms with Crippen LogP contribution in [-0.4, -0.2) is 43.2 Å². The lowest BCUT2D eigenvalue weighted by Crippen LogP contribution is -2.39. The quantitative estimate of drug-likeness (QED) is 0.747. The van der Waals surface area contributed by atoms with Gasteiger partial charge in [0.05, 0.1) is 16.5 Å². The number of aromatic nitrogens is 2. The lowest BCUT2D eigenvalue weighted by atomic mass is 10.1. The Morgan fingerprint density at radius 1 is 1.07 bits per heavy atom. The summed E-state index contributed by atoms with van der Waals surface area (Å²) < 4.78 is 23.5. The van der Waals surface area contributed by atoms with Crippen molar-refractivity contribution in [1.82, 2.24) is 10.2 Å². The molecule has 6 heteroatoms. The highest BCUT2D eigenvalue weighted by molar-refractivity contribution is 7.91. The van der Waals surface area contributed by atoms with Crippen LogP contribution in [0, 0.1) is 0 Å². The van der Waals surface area contributed by atoms with Crippen LogP contribution in [0.1, 0.15) is 24.1 Å². The van der Waals surface area contributed by atoms with E-state index >= 15 is 0 Å². The van der Waals surface area contributed by atoms with Crippen molar-refractivity contribution in [3.8, 4) is 0 Å². The Bertz CT molecular complexity index is 1080. The van der Waals surface area contributed by atoms with Crippen molar-refractivity contribution in [3.05, 3.63) is 59.8 Å². The van der Waals surface area contributed by atoms with Crippen LogP contribution < -0.4 is 4.90 Å². The average Bonchev–Trinajstić information content (AvgIpc) is 3.09. The number of hydrogen-bond donors (Lipinski definition) is 1. The first kappa shape index (κ1) is 17.8. The minimum absolute atomic E-state index is 0.204. The topological polar surface area (TPSA) is 66.1 Å². The lowest BCUT2D eigenvalue weighted by Gasteiger charge is -2.33. The van der Waals surface area contributed by atoms with Gasteiger partial charge >= 0.3 is 0 Å². The molecule has 0 saturated carbocycles. The highest BCUT2D eigenvalue weighted by atomic mass is 32.2. The molecule has 0 amide bonds. The van der Waals surface area contributed by atoms with Crippen molar-refractivity contribution < 1.29 is 8.42 Å². The van der Waals surface area contributed by atoms with Gasteiger partial charge in [-0.2, -0.15) is 5.10 Å². The predicted octanol–water partition coefficient (Wildman–Crippen LogP) is 3.75. The number of sulfone groups is 1. The first-order valence-corrected chi connectivity index (χ1v) is 11.1. The Hall–Kier alpha value is -2.60. The first-order valence-electron chi connectivity index (χ1n) is 9.16. The number of fused-ring (bicyclic) bond motifs is 1. The van der Waals surface area contributed by atoms with E-state index in [4.69, 9.17) is 0 Å². The van der Waals surface area contributed by atoms with Crippen LogP contribution in [0.4, 0.5) is 5.69 Å². The van der Waals surface area contributed by atoms with Crippen LogP contribution in [0.2, 0.25) is 0 Å². The fourth-order valence-corrected chi connectivity index (χ4v) is 4.72. The van der Waals surface area contributed by atoms with E-state index in [0.29, 0.717) is 12.8 Å². The summed E-state index contributed by atoms with van der Waals surface area (Å²) in [5.74, 6) is 0. The Morgan fingerprint density at radius 3 is 2.63 bits per heavy atom. The molecule has 2 heterocycles. The summed E-state index contributed by atoms with van der Waals surface area (Å²) in [5, 5.41) is 8.32. The molecule has 27 heavy (non-hydrogen) atoms. The Kier molecular flexibility index (Phi) is 4.74. The number of nitrogens with one attached hydrogen (secondary N) is 1. The molecule has 0 spiro atoms. The number of H-pyrrole nitrogens is 1. The molecule has 0 radical (unpaired) electrons. The molecule has 5 nitrogen and oxygen atoms in total. The van der Waals surface area contributed by atoms with Crippen LogP contribution >= 0.6 is 0 Å². The molecule has 1 aromatic heterocycles. The van der Waals surface area contributed by atoms with Crippen LogP contribution in [0.25, 0.3) is 23.1 Å². The minimum Gasteiger partial charge on any atom is -0.371 e. The minimum atomic E-state index is -2.94. The molecule has 3 aromatic rings. The third kappa shape index (κ3) is 3.90. The summed E-state index contributed by atoms with van der Waals surface area (Å²) in [6, 6.07) is 16.4. The molecule has 0 unspecified atom stereocenters. The number of para-hydroxylation sites is 1. The van der Waals surface area contributed by atoms with Gasteiger partial charge in [0.15, 0.2) is 0 Å². The monoisotopic (exact) mass is 381 g/mol. The van der Waals surface area contributed by atoms with E-state index < -0.39 is 9.84 Å². The standard InChI is InChI=1S/C21H23N3O2S/c1-27(25,26)18-11-13-24(14-12-18)17-6-4-5-16(15-17)9-10-21-19-7-2-3-8-20(19)22-23-21/h2-10,15,18H,11-14H2,1H3,(H,22,23). The fourth-order valence-electron chi connectivity index (χ4n) is 3.65. The number of hydrogen-bond acceptors (Lipinski definition) is 4. The summed E-state index contributed by atoms with van der Waals surface area (Å²) in [6.45, 7) is 1.55. The maximum absolute atomic E-state index is 11.7. The van der Waals surface area contributed by atoms with E-state index in [2.05, 4.69) is 45.4 Å². The second kappa shape index (κ2) is 7.19. The predicted molar refractivity (Wildman–Crippen MR) is 112 cm³/mol. The van der Waals surface area contributed by atoms with Crippen LogP contribution in [0.3, 0.4) is 0 Å². The molecule has 1 aliphatic rings. The van der Waals surface area contributed by atoms with Crippen molar-refractivity contribution >= 4 is 38.6 Å². The van der Waals surface area contributed by atoms with Crippen molar-refractivity contribution in [2.75, 3.05) is 24.2 Å². The van der Waals surface area contributed by atoms with Crippen molar-refractivity contribution in [1.29, 1.82) is 0 Å². The number of nitrogens with zero attached hydrogens (tertiary/aromatic N) is 2. The van der Waals surface area contributed by atoms with Gasteiger partial charge in [-0.25, -0.2) is 8.42 Å². The number of benzene rings is 2. The summed E-state index contributed by atoms with van der Waals surface area (Å²) in [6.07, 6.45) is 6.82. The van der Waals surface area contributed by atoms with Gasteiger partial charge < -0.3 is 4.90 Å². The van der Waals surface area contributed by atoms with Gasteiger partial charge in [0.1, 0.15) is 9.84 Å². The lowest BCUT2D eigenvalue weighted by molar-refractivity contribution is 0.534. The van der Waals surface area contributed by atoms with E-state index in [9.17, 15) is 8.42 Å². The van der Waals surface area contributed by atoms with E-state index in [1.807, 2.05) is 30.3 Å². The number of anilines is 1. The zero-order chi connectivity index (χ0) is 18.9. The normalized spacial score (nSPS) is 16.4. The molecule has 0 aliphatic carbocycles. The fraction of sp³-hybridized carbons (Fsp3) is 0.286. The Balaban J connectivity index is 1.50. The molecule has 4 rings (SSSR count). The zero-order valence-electron chi connectivity index (χ0n) is 15.3. The number of rotatable bonds is 4. The maximum Gasteiger partial charge on any atom is 0.150 e. The van der Waals surface area contributed by atoms with Gasteiger partial charge in [-0.05, 0) is 42.7 Å². The molecule has 0 atom stereocenters. The van der Waals surface area contributed by atoms with Gasteiger partial charge in [0.25, 0.3) is 0 Å². The number of aromatic amines is 1. The maximum atomic E-state index is 11.7. The van der Waals surface area contributed by atoms with Crippen LogP contribution in [-0.2, 0) is 9.84 Å². The summed E-state index contributed by atoms with van der Waals surface area (Å²) in [5.41, 5.74) is 4.19. The van der Waals surface area contributed by atoms with Crippen molar-refractivity contribution in [3.63, 3.8) is 0 Å². The molecule has 140 valence electrons. The van der Waals surface area contributed by atoms with Crippen molar-refractivity contribution in [2.24, 2.45) is 0 Å². The second-order valence-electron chi connectivity index (χ2n) is 7.10. The van der Waals surface area contributed by atoms with Crippen molar-refractivity contribution in [2.45, 2.75) is 18.1 Å². The molecular weight excluding hydrogens is 358 g/mol. The van der Waals surface area contributed by atoms with E-state index in [1.165, 1.54) is 6.26 Å². The molecular formula is C21H23N3O2S. The molecule has 2 aromatic carbocycles. The van der Waals surface area contributed by atoms with Gasteiger partial charge in [0, 0.05) is 30.4 Å². The van der Waals surface area contributed by atoms with Gasteiger partial charge in [-0.3, -0.25) is 5.10 Å². The highest BCUT2D eigenvalue weighted by Crippen LogP contribution is 2.25. The van der Waals surface area contributed by atoms with Gasteiger partial charge in [-0.1, -0.05) is 36.4 Å². The van der Waals surface area contributed by atoms with Gasteiger partial charge in [-0.15, -0.1) is 0 Å². The third-order valence-corrected chi connectivity index (χ3v) is 6.90. The Morgan fingerprint density at radius 2 is 1.85 bits per heavy atom. The summed E-state index contributed by atoms with van der Waals surface area (Å²) in [4.78, 5) is 2.27. The SMILES string of the molecule is CS(=O)(=O)C1CCN(c2cccc(C=Cc3n[nH]c4ccccc34)c2)CC1. The first-order chi connectivity index (χ1) is 13.0. The van der Waals surface area contributed by atoms with E-state index in [0.717, 1.165) is 40.9 Å². The largest absolute Gasteiger partial charge is 0.371 e. The summed E-state index contributed by atoms with van der Waals surface area (Å²) >= 11 is 0. The number of piperidine rings is 1. The van der Waals surface area contributed by atoms with Crippen LogP contribution in [0.15, 0.2) is 48.5 Å². The molecule has 1 N–H and O–H groups in total. The van der Waals surface area contributed by atoms with E-state index in [-0.39, 0.29) is 5.25 Å². The van der Waals surface area contributed by atoms with Crippen LogP contribution in [0.5, 0.6) is 0 Å². The summed E-state index contributed by atoms with van der Waals surface area (Å²) in [7, 11) is -2.94. The zero-order valence-corrected chi connectivity index (χ0v) is 16.1. The molecule has 1 saturated heterocycles. The molecule has 0 bridgehead atoms. The highest BCUT2D eigenvalue weighted by Gasteiger charge is 2.26. The third-order valence-electron chi connectivity index (χ3n) is 5.22. The smallest absolute Gasteiger partial charge is 0.150 e.